The summed E-state index contributed by atoms with van der Waals surface area (Å²) < 4.78 is 38.7. The van der Waals surface area contributed by atoms with E-state index in [4.69, 9.17) is 9.47 Å². The van der Waals surface area contributed by atoms with Gasteiger partial charge in [-0.05, 0) is 37.8 Å². The van der Waals surface area contributed by atoms with E-state index in [1.165, 1.54) is 4.31 Å². The van der Waals surface area contributed by atoms with Crippen LogP contribution in [0.4, 0.5) is 0 Å². The molecule has 1 saturated heterocycles. The fourth-order valence-electron chi connectivity index (χ4n) is 3.32. The van der Waals surface area contributed by atoms with Gasteiger partial charge < -0.3 is 14.8 Å². The third-order valence-electron chi connectivity index (χ3n) is 5.55. The molecule has 0 aliphatic carbocycles. The van der Waals surface area contributed by atoms with Crippen LogP contribution in [0.5, 0.6) is 11.5 Å². The molecular formula is C20H30N2O5S. The molecule has 7 nitrogen and oxygen atoms in total. The molecule has 0 saturated carbocycles. The summed E-state index contributed by atoms with van der Waals surface area (Å²) in [4.78, 5) is 12.6. The first-order chi connectivity index (χ1) is 13.3. The maximum Gasteiger partial charge on any atom is 0.243 e. The molecule has 1 amide bonds. The van der Waals surface area contributed by atoms with Crippen molar-refractivity contribution in [1.29, 1.82) is 0 Å². The molecule has 28 heavy (non-hydrogen) atoms. The molecule has 1 aromatic carbocycles. The summed E-state index contributed by atoms with van der Waals surface area (Å²) in [6.45, 7) is 7.86. The second-order valence-electron chi connectivity index (χ2n) is 7.88. The van der Waals surface area contributed by atoms with Gasteiger partial charge in [-0.15, -0.1) is 0 Å². The highest BCUT2D eigenvalue weighted by atomic mass is 32.2. The number of hydrogen-bond donors (Lipinski definition) is 1. The zero-order valence-electron chi connectivity index (χ0n) is 16.8. The SMILES string of the molecule is CC(C)[C@@H](C)NC(=O)C1CCN(S(=O)(=O)c2ccc3c(c2)OCCCO3)CC1. The van der Waals surface area contributed by atoms with Gasteiger partial charge in [-0.3, -0.25) is 4.79 Å². The molecule has 1 fully saturated rings. The van der Waals surface area contributed by atoms with Gasteiger partial charge in [-0.1, -0.05) is 13.8 Å². The Bertz CT molecular complexity index is 801. The van der Waals surface area contributed by atoms with E-state index in [-0.39, 0.29) is 22.8 Å². The molecule has 0 unspecified atom stereocenters. The van der Waals surface area contributed by atoms with Crippen molar-refractivity contribution in [2.24, 2.45) is 11.8 Å². The predicted octanol–water partition coefficient (Wildman–Crippen LogP) is 2.41. The van der Waals surface area contributed by atoms with Gasteiger partial charge in [0.25, 0.3) is 0 Å². The number of sulfonamides is 1. The van der Waals surface area contributed by atoms with Gasteiger partial charge >= 0.3 is 0 Å². The molecule has 0 spiro atoms. The van der Waals surface area contributed by atoms with Crippen molar-refractivity contribution in [1.82, 2.24) is 9.62 Å². The highest BCUT2D eigenvalue weighted by Crippen LogP contribution is 2.33. The Morgan fingerprint density at radius 2 is 1.75 bits per heavy atom. The summed E-state index contributed by atoms with van der Waals surface area (Å²) in [5, 5.41) is 3.04. The lowest BCUT2D eigenvalue weighted by Gasteiger charge is -2.31. The molecule has 0 aromatic heterocycles. The van der Waals surface area contributed by atoms with Crippen molar-refractivity contribution in [2.45, 2.75) is 51.0 Å². The highest BCUT2D eigenvalue weighted by Gasteiger charge is 2.33. The van der Waals surface area contributed by atoms with Gasteiger partial charge in [0.15, 0.2) is 11.5 Å². The molecule has 2 heterocycles. The van der Waals surface area contributed by atoms with Gasteiger partial charge in [-0.2, -0.15) is 4.31 Å². The minimum atomic E-state index is -3.63. The van der Waals surface area contributed by atoms with Crippen LogP contribution in [0.2, 0.25) is 0 Å². The van der Waals surface area contributed by atoms with Crippen LogP contribution in [0.15, 0.2) is 23.1 Å². The first-order valence-corrected chi connectivity index (χ1v) is 11.4. The second kappa shape index (κ2) is 8.69. The molecule has 1 N–H and O–H groups in total. The van der Waals surface area contributed by atoms with Gasteiger partial charge in [0, 0.05) is 37.5 Å². The van der Waals surface area contributed by atoms with Crippen molar-refractivity contribution >= 4 is 15.9 Å². The number of piperidine rings is 1. The number of amides is 1. The maximum absolute atomic E-state index is 13.0. The maximum atomic E-state index is 13.0. The van der Waals surface area contributed by atoms with E-state index in [1.807, 2.05) is 6.92 Å². The van der Waals surface area contributed by atoms with E-state index >= 15 is 0 Å². The minimum absolute atomic E-state index is 0.0221. The van der Waals surface area contributed by atoms with E-state index in [0.29, 0.717) is 56.6 Å². The largest absolute Gasteiger partial charge is 0.490 e. The van der Waals surface area contributed by atoms with Crippen LogP contribution < -0.4 is 14.8 Å². The Kier molecular flexibility index (Phi) is 6.50. The Hall–Kier alpha value is -1.80. The second-order valence-corrected chi connectivity index (χ2v) is 9.82. The van der Waals surface area contributed by atoms with E-state index in [2.05, 4.69) is 19.2 Å². The molecule has 0 bridgehead atoms. The first kappa shape index (κ1) is 20.9. The molecule has 8 heteroatoms. The smallest absolute Gasteiger partial charge is 0.243 e. The summed E-state index contributed by atoms with van der Waals surface area (Å²) in [5.74, 6) is 1.29. The van der Waals surface area contributed by atoms with Crippen molar-refractivity contribution in [2.75, 3.05) is 26.3 Å². The van der Waals surface area contributed by atoms with Crippen LogP contribution in [0.1, 0.15) is 40.0 Å². The average molecular weight is 411 g/mol. The minimum Gasteiger partial charge on any atom is -0.490 e. The number of hydrogen-bond acceptors (Lipinski definition) is 5. The standard InChI is InChI=1S/C20H30N2O5S/c1-14(2)15(3)21-20(23)16-7-9-22(10-8-16)28(24,25)17-5-6-18-19(13-17)27-12-4-11-26-18/h5-6,13-16H,4,7-12H2,1-3H3,(H,21,23)/t15-/m1/s1. The van der Waals surface area contributed by atoms with E-state index in [9.17, 15) is 13.2 Å². The summed E-state index contributed by atoms with van der Waals surface area (Å²) in [6, 6.07) is 4.86. The zero-order chi connectivity index (χ0) is 20.3. The van der Waals surface area contributed by atoms with Crippen molar-refractivity contribution in [3.8, 4) is 11.5 Å². The van der Waals surface area contributed by atoms with Gasteiger partial charge in [-0.25, -0.2) is 8.42 Å². The van der Waals surface area contributed by atoms with Crippen LogP contribution in [-0.2, 0) is 14.8 Å². The van der Waals surface area contributed by atoms with Crippen molar-refractivity contribution < 1.29 is 22.7 Å². The lowest BCUT2D eigenvalue weighted by molar-refractivity contribution is -0.127. The summed E-state index contributed by atoms with van der Waals surface area (Å²) in [5.41, 5.74) is 0. The van der Waals surface area contributed by atoms with Crippen LogP contribution >= 0.6 is 0 Å². The first-order valence-electron chi connectivity index (χ1n) is 9.99. The summed E-state index contributed by atoms with van der Waals surface area (Å²) in [6.07, 6.45) is 1.82. The van der Waals surface area contributed by atoms with Crippen molar-refractivity contribution in [3.63, 3.8) is 0 Å². The number of rotatable bonds is 5. The van der Waals surface area contributed by atoms with Gasteiger partial charge in [0.1, 0.15) is 0 Å². The fraction of sp³-hybridized carbons (Fsp3) is 0.650. The molecule has 2 aliphatic heterocycles. The van der Waals surface area contributed by atoms with Crippen LogP contribution in [-0.4, -0.2) is 51.0 Å². The topological polar surface area (TPSA) is 84.9 Å². The summed E-state index contributed by atoms with van der Waals surface area (Å²) >= 11 is 0. The Balaban J connectivity index is 1.65. The Morgan fingerprint density at radius 3 is 2.39 bits per heavy atom. The van der Waals surface area contributed by atoms with Gasteiger partial charge in [0.05, 0.1) is 18.1 Å². The third kappa shape index (κ3) is 4.60. The van der Waals surface area contributed by atoms with Crippen LogP contribution in [0.3, 0.4) is 0 Å². The number of nitrogens with one attached hydrogen (secondary N) is 1. The van der Waals surface area contributed by atoms with Crippen molar-refractivity contribution in [3.05, 3.63) is 18.2 Å². The fourth-order valence-corrected chi connectivity index (χ4v) is 4.81. The number of fused-ring (bicyclic) bond motifs is 1. The monoisotopic (exact) mass is 410 g/mol. The van der Waals surface area contributed by atoms with Crippen LogP contribution in [0.25, 0.3) is 0 Å². The lowest BCUT2D eigenvalue weighted by Crippen LogP contribution is -2.45. The Morgan fingerprint density at radius 1 is 1.11 bits per heavy atom. The number of nitrogens with zero attached hydrogens (tertiary/aromatic N) is 1. The molecule has 2 aliphatic rings. The number of benzene rings is 1. The third-order valence-corrected chi connectivity index (χ3v) is 7.45. The number of ether oxygens (including phenoxy) is 2. The highest BCUT2D eigenvalue weighted by molar-refractivity contribution is 7.89. The van der Waals surface area contributed by atoms with E-state index in [1.54, 1.807) is 18.2 Å². The van der Waals surface area contributed by atoms with Gasteiger partial charge in [0.2, 0.25) is 15.9 Å². The molecule has 156 valence electrons. The van der Waals surface area contributed by atoms with E-state index < -0.39 is 10.0 Å². The number of carbonyl (C=O) groups is 1. The van der Waals surface area contributed by atoms with Crippen LogP contribution in [0, 0.1) is 11.8 Å². The lowest BCUT2D eigenvalue weighted by atomic mass is 9.96. The molecule has 0 radical (unpaired) electrons. The normalized spacial score (nSPS) is 19.9. The predicted molar refractivity (Wildman–Crippen MR) is 106 cm³/mol. The number of carbonyl (C=O) groups excluding carboxylic acids is 1. The summed E-state index contributed by atoms with van der Waals surface area (Å²) in [7, 11) is -3.63. The molecule has 1 aromatic rings. The molecular weight excluding hydrogens is 380 g/mol. The quantitative estimate of drug-likeness (QED) is 0.806. The molecule has 3 rings (SSSR count). The zero-order valence-corrected chi connectivity index (χ0v) is 17.6. The Labute approximate surface area is 167 Å². The van der Waals surface area contributed by atoms with E-state index in [0.717, 1.165) is 6.42 Å². The molecule has 1 atom stereocenters. The average Bonchev–Trinajstić information content (AvgIpc) is 2.92.